The van der Waals surface area contributed by atoms with Gasteiger partial charge in [0.2, 0.25) is 0 Å². The molecule has 0 aliphatic carbocycles. The monoisotopic (exact) mass is 384 g/mol. The van der Waals surface area contributed by atoms with Crippen molar-refractivity contribution < 1.29 is 0 Å². The number of nitrogens with one attached hydrogen (secondary N) is 6. The molecule has 0 aliphatic heterocycles. The van der Waals surface area contributed by atoms with E-state index in [0.717, 1.165) is 44.3 Å². The van der Waals surface area contributed by atoms with Gasteiger partial charge in [0.1, 0.15) is 5.84 Å². The van der Waals surface area contributed by atoms with Crippen molar-refractivity contribution >= 4 is 17.8 Å². The number of amidine groups is 1. The van der Waals surface area contributed by atoms with Crippen LogP contribution in [0.2, 0.25) is 0 Å². The third-order valence-electron chi connectivity index (χ3n) is 4.00. The molecule has 0 radical (unpaired) electrons. The number of rotatable bonds is 11. The smallest absolute Gasteiger partial charge is 0.189 e. The highest BCUT2D eigenvalue weighted by molar-refractivity contribution is 5.94. The molecule has 1 aromatic rings. The van der Waals surface area contributed by atoms with Gasteiger partial charge in [0.15, 0.2) is 11.9 Å². The highest BCUT2D eigenvalue weighted by Gasteiger charge is 1.96. The van der Waals surface area contributed by atoms with Gasteiger partial charge in [-0.2, -0.15) is 0 Å². The van der Waals surface area contributed by atoms with Crippen molar-refractivity contribution in [1.82, 2.24) is 16.0 Å². The van der Waals surface area contributed by atoms with Gasteiger partial charge in [-0.1, -0.05) is 49.7 Å². The van der Waals surface area contributed by atoms with E-state index in [0.29, 0.717) is 12.1 Å². The second-order valence-corrected chi connectivity index (χ2v) is 6.41. The number of hydrogen-bond acceptors (Lipinski definition) is 3. The summed E-state index contributed by atoms with van der Waals surface area (Å²) >= 11 is 0. The van der Waals surface area contributed by atoms with Crippen molar-refractivity contribution in [2.24, 2.45) is 11.5 Å². The van der Waals surface area contributed by atoms with Gasteiger partial charge in [-0.15, -0.1) is 0 Å². The minimum atomic E-state index is 0.0384. The lowest BCUT2D eigenvalue weighted by Gasteiger charge is -2.08. The van der Waals surface area contributed by atoms with Crippen LogP contribution in [0.5, 0.6) is 0 Å². The Morgan fingerprint density at radius 3 is 1.93 bits per heavy atom. The minimum absolute atomic E-state index is 0.0384. The normalized spacial score (nSPS) is 9.71. The third kappa shape index (κ3) is 11.4. The van der Waals surface area contributed by atoms with Crippen LogP contribution in [-0.2, 0) is 0 Å². The summed E-state index contributed by atoms with van der Waals surface area (Å²) in [5.41, 5.74) is 12.2. The van der Waals surface area contributed by atoms with Gasteiger partial charge in [-0.05, 0) is 25.0 Å². The SMILES string of the molecule is N=C(N)NCCCCCCCCNC(=N)NCC#Cc1ccc(C(=N)N)cc1. The molecule has 10 N–H and O–H groups in total. The summed E-state index contributed by atoms with van der Waals surface area (Å²) < 4.78 is 0. The Bertz CT molecular complexity index is 684. The first-order valence-corrected chi connectivity index (χ1v) is 9.56. The third-order valence-corrected chi connectivity index (χ3v) is 4.00. The molecule has 8 heteroatoms. The fourth-order valence-electron chi connectivity index (χ4n) is 2.47. The Kier molecular flexibility index (Phi) is 11.4. The second kappa shape index (κ2) is 13.9. The maximum atomic E-state index is 7.81. The van der Waals surface area contributed by atoms with Crippen LogP contribution in [0.15, 0.2) is 24.3 Å². The Morgan fingerprint density at radius 1 is 0.786 bits per heavy atom. The van der Waals surface area contributed by atoms with Crippen LogP contribution in [0.1, 0.15) is 49.7 Å². The van der Waals surface area contributed by atoms with Gasteiger partial charge < -0.3 is 27.4 Å². The molecule has 8 nitrogen and oxygen atoms in total. The number of nitrogens with two attached hydrogens (primary N) is 2. The molecule has 1 aromatic carbocycles. The molecule has 0 amide bonds. The van der Waals surface area contributed by atoms with Crippen molar-refractivity contribution in [3.8, 4) is 11.8 Å². The van der Waals surface area contributed by atoms with E-state index in [1.165, 1.54) is 12.8 Å². The summed E-state index contributed by atoms with van der Waals surface area (Å²) in [4.78, 5) is 0. The van der Waals surface area contributed by atoms with E-state index in [1.54, 1.807) is 12.1 Å². The topological polar surface area (TPSA) is 160 Å². The average molecular weight is 385 g/mol. The van der Waals surface area contributed by atoms with Gasteiger partial charge in [-0.25, -0.2) is 0 Å². The lowest BCUT2D eigenvalue weighted by molar-refractivity contribution is 0.584. The highest BCUT2D eigenvalue weighted by atomic mass is 15.1. The van der Waals surface area contributed by atoms with E-state index in [4.69, 9.17) is 27.7 Å². The summed E-state index contributed by atoms with van der Waals surface area (Å²) in [6.07, 6.45) is 6.70. The first-order chi connectivity index (χ1) is 13.5. The van der Waals surface area contributed by atoms with Crippen LogP contribution < -0.4 is 27.4 Å². The Morgan fingerprint density at radius 2 is 1.36 bits per heavy atom. The molecular formula is C20H32N8. The number of hydrogen-bond donors (Lipinski definition) is 8. The summed E-state index contributed by atoms with van der Waals surface area (Å²) in [6, 6.07) is 7.19. The van der Waals surface area contributed by atoms with E-state index >= 15 is 0 Å². The maximum absolute atomic E-state index is 7.81. The predicted molar refractivity (Wildman–Crippen MR) is 116 cm³/mol. The predicted octanol–water partition coefficient (Wildman–Crippen LogP) is 1.26. The van der Waals surface area contributed by atoms with E-state index in [2.05, 4.69) is 27.8 Å². The van der Waals surface area contributed by atoms with Crippen molar-refractivity contribution in [2.75, 3.05) is 19.6 Å². The van der Waals surface area contributed by atoms with Crippen LogP contribution in [0, 0.1) is 28.1 Å². The minimum Gasteiger partial charge on any atom is -0.384 e. The molecule has 1 rings (SSSR count). The molecule has 0 aromatic heterocycles. The summed E-state index contributed by atoms with van der Waals surface area (Å²) in [5, 5.41) is 31.0. The molecule has 0 atom stereocenters. The van der Waals surface area contributed by atoms with E-state index in [-0.39, 0.29) is 17.8 Å². The van der Waals surface area contributed by atoms with Crippen LogP contribution in [0.4, 0.5) is 0 Å². The fraction of sp³-hybridized carbons (Fsp3) is 0.450. The molecule has 0 bridgehead atoms. The molecular weight excluding hydrogens is 352 g/mol. The van der Waals surface area contributed by atoms with E-state index in [9.17, 15) is 0 Å². The van der Waals surface area contributed by atoms with Crippen LogP contribution in [0.25, 0.3) is 0 Å². The standard InChI is InChI=1S/C20H32N8/c21-18(22)17-11-9-16(10-12-17)8-7-15-28-20(25)27-14-6-4-2-1-3-5-13-26-19(23)24/h9-12H,1-6,13-15H2,(H3,21,22)(H4,23,24,26)(H3,25,27,28). The molecule has 0 unspecified atom stereocenters. The molecule has 0 saturated carbocycles. The zero-order chi connectivity index (χ0) is 20.6. The number of benzene rings is 1. The first kappa shape index (κ1) is 22.8. The number of nitrogen functional groups attached to an aromatic ring is 1. The van der Waals surface area contributed by atoms with Crippen molar-refractivity contribution in [1.29, 1.82) is 16.2 Å². The molecule has 0 heterocycles. The molecule has 152 valence electrons. The van der Waals surface area contributed by atoms with Gasteiger partial charge in [0.05, 0.1) is 6.54 Å². The van der Waals surface area contributed by atoms with Gasteiger partial charge in [0.25, 0.3) is 0 Å². The Hall–Kier alpha value is -3.21. The second-order valence-electron chi connectivity index (χ2n) is 6.41. The summed E-state index contributed by atoms with van der Waals surface area (Å²) in [5.74, 6) is 6.35. The zero-order valence-electron chi connectivity index (χ0n) is 16.3. The van der Waals surface area contributed by atoms with Gasteiger partial charge >= 0.3 is 0 Å². The lowest BCUT2D eigenvalue weighted by atomic mass is 10.1. The fourth-order valence-corrected chi connectivity index (χ4v) is 2.47. The van der Waals surface area contributed by atoms with Crippen molar-refractivity contribution in [2.45, 2.75) is 38.5 Å². The number of unbranched alkanes of at least 4 members (excludes halogenated alkanes) is 5. The van der Waals surface area contributed by atoms with E-state index < -0.39 is 0 Å². The van der Waals surface area contributed by atoms with Crippen LogP contribution >= 0.6 is 0 Å². The van der Waals surface area contributed by atoms with Crippen LogP contribution in [-0.4, -0.2) is 37.4 Å². The van der Waals surface area contributed by atoms with Crippen molar-refractivity contribution in [3.05, 3.63) is 35.4 Å². The Labute approximate surface area is 167 Å². The molecule has 0 aliphatic rings. The van der Waals surface area contributed by atoms with Gasteiger partial charge in [-0.3, -0.25) is 16.2 Å². The van der Waals surface area contributed by atoms with Crippen LogP contribution in [0.3, 0.4) is 0 Å². The highest BCUT2D eigenvalue weighted by Crippen LogP contribution is 2.04. The molecule has 28 heavy (non-hydrogen) atoms. The number of guanidine groups is 2. The molecule has 0 fully saturated rings. The average Bonchev–Trinajstić information content (AvgIpc) is 2.66. The van der Waals surface area contributed by atoms with Crippen molar-refractivity contribution in [3.63, 3.8) is 0 Å². The largest absolute Gasteiger partial charge is 0.384 e. The maximum Gasteiger partial charge on any atom is 0.189 e. The zero-order valence-corrected chi connectivity index (χ0v) is 16.3. The summed E-state index contributed by atoms with van der Waals surface area (Å²) in [7, 11) is 0. The van der Waals surface area contributed by atoms with Gasteiger partial charge in [0, 0.05) is 24.2 Å². The molecule has 0 spiro atoms. The van der Waals surface area contributed by atoms with E-state index in [1.807, 2.05) is 12.1 Å². The Balaban J connectivity index is 2.01. The lowest BCUT2D eigenvalue weighted by Crippen LogP contribution is -2.36. The summed E-state index contributed by atoms with van der Waals surface area (Å²) in [6.45, 7) is 1.94. The first-order valence-electron chi connectivity index (χ1n) is 9.56. The quantitative estimate of drug-likeness (QED) is 0.125. The molecule has 0 saturated heterocycles.